The third-order valence-corrected chi connectivity index (χ3v) is 13.9. The highest BCUT2D eigenvalue weighted by molar-refractivity contribution is 7.13. The summed E-state index contributed by atoms with van der Waals surface area (Å²) in [6, 6.07) is 9.53. The van der Waals surface area contributed by atoms with Gasteiger partial charge in [-0.1, -0.05) is 82.6 Å². The molecule has 0 radical (unpaired) electrons. The Morgan fingerprint density at radius 3 is 2.36 bits per heavy atom. The first-order chi connectivity index (χ1) is 31.2. The second kappa shape index (κ2) is 24.5. The predicted octanol–water partition coefficient (Wildman–Crippen LogP) is 5.29. The van der Waals surface area contributed by atoms with Crippen LogP contribution in [-0.4, -0.2) is 117 Å². The second-order valence-electron chi connectivity index (χ2n) is 18.9. The number of carbonyl (C=O) groups is 6. The Labute approximate surface area is 409 Å². The SMILES string of the molecule is Cc1ncsc1-c1ccc([C@H](C)NC(=O)[C@@H]2C[C@@H](O)CN2C(=O)[C@@H](NC(=O)CCCc2cccc(OC[C@H](CCC(N)=O)N(C=O)[C@@H]3CCCN3C(=O)[C@@H](N)C(C)C)c2Cl)C(C)(C)C)cc1.Cl. The number of ether oxygens (including phenoxy) is 1. The van der Waals surface area contributed by atoms with E-state index in [9.17, 15) is 33.9 Å². The number of aliphatic hydroxyl groups is 1. The molecule has 6 amide bonds. The maximum atomic E-state index is 14.2. The summed E-state index contributed by atoms with van der Waals surface area (Å²) >= 11 is 8.42. The third-order valence-electron chi connectivity index (χ3n) is 12.5. The first kappa shape index (κ1) is 54.8. The third kappa shape index (κ3) is 14.1. The molecule has 368 valence electrons. The van der Waals surface area contributed by atoms with Gasteiger partial charge in [0.25, 0.3) is 0 Å². The van der Waals surface area contributed by atoms with Crippen molar-refractivity contribution in [1.29, 1.82) is 0 Å². The Bertz CT molecular complexity index is 2190. The fourth-order valence-corrected chi connectivity index (χ4v) is 9.64. The molecule has 19 heteroatoms. The molecule has 0 aliphatic carbocycles. The highest BCUT2D eigenvalue weighted by Gasteiger charge is 2.45. The van der Waals surface area contributed by atoms with Crippen LogP contribution in [0.5, 0.6) is 5.75 Å². The first-order valence-electron chi connectivity index (χ1n) is 22.8. The number of hydrogen-bond donors (Lipinski definition) is 5. The van der Waals surface area contributed by atoms with Gasteiger partial charge in [-0.25, -0.2) is 4.98 Å². The zero-order chi connectivity index (χ0) is 48.5. The first-order valence-corrected chi connectivity index (χ1v) is 24.0. The molecule has 2 aromatic carbocycles. The molecule has 3 heterocycles. The Balaban J connectivity index is 0.00000980. The molecule has 1 aromatic heterocycles. The topological polar surface area (TPSA) is 231 Å². The summed E-state index contributed by atoms with van der Waals surface area (Å²) in [6.07, 6.45) is 1.51. The van der Waals surface area contributed by atoms with Crippen molar-refractivity contribution in [1.82, 2.24) is 30.3 Å². The Hall–Kier alpha value is -4.81. The zero-order valence-electron chi connectivity index (χ0n) is 39.5. The van der Waals surface area contributed by atoms with Gasteiger partial charge in [0, 0.05) is 32.4 Å². The van der Waals surface area contributed by atoms with Gasteiger partial charge in [0.15, 0.2) is 0 Å². The normalized spacial score (nSPS) is 18.9. The second-order valence-corrected chi connectivity index (χ2v) is 20.1. The van der Waals surface area contributed by atoms with Crippen LogP contribution in [0.25, 0.3) is 10.4 Å². The van der Waals surface area contributed by atoms with E-state index in [4.69, 9.17) is 27.8 Å². The Morgan fingerprint density at radius 2 is 1.75 bits per heavy atom. The summed E-state index contributed by atoms with van der Waals surface area (Å²) in [5.74, 6) is -1.74. The molecule has 2 aliphatic rings. The van der Waals surface area contributed by atoms with Crippen LogP contribution >= 0.6 is 35.3 Å². The molecule has 0 saturated carbocycles. The van der Waals surface area contributed by atoms with E-state index in [-0.39, 0.29) is 75.0 Å². The summed E-state index contributed by atoms with van der Waals surface area (Å²) in [6.45, 7) is 13.4. The number of rotatable bonds is 21. The zero-order valence-corrected chi connectivity index (χ0v) is 41.9. The molecule has 3 aromatic rings. The van der Waals surface area contributed by atoms with E-state index in [0.29, 0.717) is 55.0 Å². The minimum Gasteiger partial charge on any atom is -0.490 e. The van der Waals surface area contributed by atoms with Gasteiger partial charge in [-0.3, -0.25) is 28.8 Å². The average molecular weight is 988 g/mol. The average Bonchev–Trinajstić information content (AvgIpc) is 4.03. The molecule has 0 unspecified atom stereocenters. The molecule has 2 fully saturated rings. The number of thiazole rings is 1. The fraction of sp³-hybridized carbons (Fsp3) is 0.562. The molecule has 5 rings (SSSR count). The van der Waals surface area contributed by atoms with E-state index in [2.05, 4.69) is 15.6 Å². The van der Waals surface area contributed by atoms with Crippen LogP contribution < -0.4 is 26.8 Å². The van der Waals surface area contributed by atoms with Gasteiger partial charge in [-0.15, -0.1) is 23.7 Å². The van der Waals surface area contributed by atoms with E-state index in [0.717, 1.165) is 21.7 Å². The van der Waals surface area contributed by atoms with Gasteiger partial charge in [0.2, 0.25) is 35.9 Å². The summed E-state index contributed by atoms with van der Waals surface area (Å²) in [5.41, 5.74) is 16.4. The fourth-order valence-electron chi connectivity index (χ4n) is 8.55. The van der Waals surface area contributed by atoms with Gasteiger partial charge < -0.3 is 46.6 Å². The maximum absolute atomic E-state index is 14.2. The molecular weight excluding hydrogens is 920 g/mol. The van der Waals surface area contributed by atoms with Crippen LogP contribution in [-0.2, 0) is 35.2 Å². The number of aryl methyl sites for hydroxylation is 2. The number of carbonyl (C=O) groups excluding carboxylic acids is 6. The predicted molar refractivity (Wildman–Crippen MR) is 261 cm³/mol. The standard InChI is InChI=1S/C48H67ClN8O8S.ClH/c1-28(2)42(51)46(63)55-22-10-15-40(55)57(27-58)34(20-21-38(50)60)25-65-37-13-8-11-32(41(37)49)12-9-14-39(61)54-44(48(5,6)7)47(64)56-24-35(59)23-36(56)45(62)53-29(3)31-16-18-33(19-17-31)43-30(4)52-26-66-43;/h8,11,13,16-19,26-29,34-36,40,42,44,59H,9-10,12,14-15,20-25,51H2,1-7H3,(H2,50,60)(H,53,62)(H,54,61);1H/t29-,34-,35+,36-,40+,42-,44+;/m0./s1. The number of halogens is 2. The lowest BCUT2D eigenvalue weighted by molar-refractivity contribution is -0.144. The summed E-state index contributed by atoms with van der Waals surface area (Å²) in [5, 5.41) is 17.0. The molecule has 7 atom stereocenters. The summed E-state index contributed by atoms with van der Waals surface area (Å²) in [4.78, 5) is 89.2. The van der Waals surface area contributed by atoms with Crippen molar-refractivity contribution in [2.24, 2.45) is 22.8 Å². The number of benzene rings is 2. The smallest absolute Gasteiger partial charge is 0.246 e. The number of nitrogens with zero attached hydrogens (tertiary/aromatic N) is 4. The lowest BCUT2D eigenvalue weighted by Gasteiger charge is -2.39. The number of aromatic nitrogens is 1. The highest BCUT2D eigenvalue weighted by Crippen LogP contribution is 2.33. The van der Waals surface area contributed by atoms with Crippen LogP contribution in [0.15, 0.2) is 48.0 Å². The van der Waals surface area contributed by atoms with Crippen molar-refractivity contribution in [3.63, 3.8) is 0 Å². The minimum atomic E-state index is -0.985. The van der Waals surface area contributed by atoms with E-state index < -0.39 is 59.6 Å². The van der Waals surface area contributed by atoms with Crippen molar-refractivity contribution in [2.45, 2.75) is 142 Å². The van der Waals surface area contributed by atoms with Crippen LogP contribution in [0.4, 0.5) is 0 Å². The largest absolute Gasteiger partial charge is 0.490 e. The lowest BCUT2D eigenvalue weighted by atomic mass is 9.85. The van der Waals surface area contributed by atoms with Crippen molar-refractivity contribution in [2.75, 3.05) is 19.7 Å². The van der Waals surface area contributed by atoms with E-state index in [1.165, 1.54) is 9.80 Å². The van der Waals surface area contributed by atoms with Gasteiger partial charge in [-0.2, -0.15) is 0 Å². The monoisotopic (exact) mass is 986 g/mol. The number of amides is 6. The number of β-amino-alcohol motifs (C(OH)–C–C–N with tert-alkyl or cyclic N) is 1. The van der Waals surface area contributed by atoms with Gasteiger partial charge in [0.1, 0.15) is 30.6 Å². The van der Waals surface area contributed by atoms with Gasteiger partial charge in [0.05, 0.1) is 45.3 Å². The number of hydrogen-bond acceptors (Lipinski definition) is 11. The van der Waals surface area contributed by atoms with Gasteiger partial charge in [-0.05, 0) is 80.0 Å². The summed E-state index contributed by atoms with van der Waals surface area (Å²) in [7, 11) is 0. The van der Waals surface area contributed by atoms with Crippen molar-refractivity contribution < 1.29 is 38.6 Å². The molecule has 67 heavy (non-hydrogen) atoms. The van der Waals surface area contributed by atoms with Crippen molar-refractivity contribution in [3.8, 4) is 16.2 Å². The van der Waals surface area contributed by atoms with Gasteiger partial charge >= 0.3 is 0 Å². The number of primary amides is 1. The lowest BCUT2D eigenvalue weighted by Crippen LogP contribution is -2.57. The van der Waals surface area contributed by atoms with Crippen LogP contribution in [0.3, 0.4) is 0 Å². The van der Waals surface area contributed by atoms with E-state index in [1.54, 1.807) is 33.9 Å². The van der Waals surface area contributed by atoms with Crippen molar-refractivity contribution in [3.05, 3.63) is 69.8 Å². The van der Waals surface area contributed by atoms with Crippen molar-refractivity contribution >= 4 is 71.3 Å². The molecular formula is C48H68Cl2N8O8S. The molecule has 0 spiro atoms. The quantitative estimate of drug-likeness (QED) is 0.0867. The molecule has 0 bridgehead atoms. The molecule has 2 aliphatic heterocycles. The van der Waals surface area contributed by atoms with Crippen LogP contribution in [0.2, 0.25) is 5.02 Å². The molecule has 16 nitrogen and oxygen atoms in total. The number of nitrogens with two attached hydrogens (primary N) is 2. The van der Waals surface area contributed by atoms with E-state index in [1.807, 2.05) is 78.8 Å². The summed E-state index contributed by atoms with van der Waals surface area (Å²) < 4.78 is 6.20. The highest BCUT2D eigenvalue weighted by atomic mass is 35.5. The molecule has 7 N–H and O–H groups in total. The molecule has 2 saturated heterocycles. The van der Waals surface area contributed by atoms with E-state index >= 15 is 0 Å². The Kier molecular flexibility index (Phi) is 20.0. The van der Waals surface area contributed by atoms with Crippen LogP contribution in [0.1, 0.15) is 109 Å². The maximum Gasteiger partial charge on any atom is 0.246 e. The van der Waals surface area contributed by atoms with Crippen LogP contribution in [0, 0.1) is 18.3 Å². The Morgan fingerprint density at radius 1 is 1.04 bits per heavy atom. The number of likely N-dealkylation sites (tertiary alicyclic amines) is 2. The number of nitrogens with one attached hydrogen (secondary N) is 2. The number of aliphatic hydroxyl groups excluding tert-OH is 1. The minimum absolute atomic E-state index is 0.